The smallest absolute Gasteiger partial charge is 0.870 e. The first-order valence-electron chi connectivity index (χ1n) is 18.7. The molecule has 423 valence electrons. The molecule has 0 N–H and O–H groups in total. The minimum atomic E-state index is -0.225. The fourth-order valence-corrected chi connectivity index (χ4v) is 2.42. The molecule has 26 nitrogen and oxygen atoms in total. The molecule has 0 heterocycles. The fourth-order valence-electron chi connectivity index (χ4n) is 2.42. The summed E-state index contributed by atoms with van der Waals surface area (Å²) >= 11 is 0. The Hall–Kier alpha value is -7.81. The Labute approximate surface area is 507 Å². The number of carbonyl (C=O) groups excluding carboxylic acids is 6. The molecular weight excluding hydrogens is 1350 g/mol. The van der Waals surface area contributed by atoms with E-state index in [1.807, 2.05) is 13.8 Å². The van der Waals surface area contributed by atoms with Crippen molar-refractivity contribution in [2.24, 2.45) is 15.4 Å². The number of carbonyl (C=O) groups is 6. The minimum Gasteiger partial charge on any atom is -0.870 e. The van der Waals surface area contributed by atoms with Gasteiger partial charge in [0.2, 0.25) is 38.5 Å². The summed E-state index contributed by atoms with van der Waals surface area (Å²) in [5, 5.41) is 74.2. The van der Waals surface area contributed by atoms with Crippen LogP contribution in [0, 0.1) is 139 Å². The molecule has 0 fully saturated rings. The molecule has 0 aliphatic rings. The molecule has 76 heavy (non-hydrogen) atoms. The number of para-hydroxylation sites is 2. The van der Waals surface area contributed by atoms with Gasteiger partial charge in [0.05, 0.1) is 14.2 Å². The summed E-state index contributed by atoms with van der Waals surface area (Å²) in [5.41, 5.74) is 0.749. The first-order chi connectivity index (χ1) is 34.5. The minimum absolute atomic E-state index is 0. The number of nitrogens with zero attached hydrogens (tertiary/aromatic N) is 16. The molecule has 0 saturated heterocycles. The molecule has 0 spiro atoms. The van der Waals surface area contributed by atoms with Crippen LogP contribution < -0.4 is 19.7 Å². The summed E-state index contributed by atoms with van der Waals surface area (Å²) in [6, 6.07) is 10.2. The fraction of sp³-hybridized carbons (Fsp3) is 0.404. The number of methoxy groups -OCH3 is 2. The van der Waals surface area contributed by atoms with E-state index in [0.717, 1.165) is 38.5 Å². The van der Waals surface area contributed by atoms with Gasteiger partial charge in [0.1, 0.15) is 11.5 Å². The molecular formula is C47H66N16NiO10TbW-4. The number of rotatable bonds is 14. The molecule has 0 saturated carbocycles. The standard InChI is InChI=1S/C21H26N2O4.6C3H7NO.8CN.Ni.Tb.W/c1-21(2,13-22-11-15-7-5-9-17(26-3)19(15)24)14-23-12-16-8-6-10-18(27-4)20(16)25;6*1-4(2)3-5;8*1-2;;;/h5-12,24-25H,13-14H2,1-4H3;6*3H,1-2H3;;;;;;;;;;;/q;;;;;;;8*-1;2*+3;/p-2. The van der Waals surface area contributed by atoms with Crippen molar-refractivity contribution in [1.82, 2.24) is 29.4 Å². The maximum Gasteiger partial charge on any atom is 3.00 e. The number of benzene rings is 2. The van der Waals surface area contributed by atoms with Crippen molar-refractivity contribution in [2.75, 3.05) is 112 Å². The third kappa shape index (κ3) is 112. The third-order valence-corrected chi connectivity index (χ3v) is 5.22. The molecule has 1 radical (unpaired) electrons. The second kappa shape index (κ2) is 100. The van der Waals surface area contributed by atoms with Gasteiger partial charge < -0.3 is 144 Å². The molecule has 6 amide bonds. The Morgan fingerprint density at radius 1 is 0.447 bits per heavy atom. The van der Waals surface area contributed by atoms with Gasteiger partial charge in [-0.05, 0) is 23.3 Å². The average Bonchev–Trinajstić information content (AvgIpc) is 3.42. The summed E-state index contributed by atoms with van der Waals surface area (Å²) in [6.07, 6.45) is 7.63. The van der Waals surface area contributed by atoms with Crippen LogP contribution in [-0.2, 0) is 66.3 Å². The van der Waals surface area contributed by atoms with Crippen molar-refractivity contribution < 1.29 is 125 Å². The zero-order chi connectivity index (χ0) is 61.6. The first kappa shape index (κ1) is 113. The second-order valence-electron chi connectivity index (χ2n) is 13.3. The van der Waals surface area contributed by atoms with Crippen molar-refractivity contribution in [3.63, 3.8) is 0 Å². The maximum absolute atomic E-state index is 12.1. The van der Waals surface area contributed by atoms with Crippen LogP contribution in [0.1, 0.15) is 25.0 Å². The van der Waals surface area contributed by atoms with Gasteiger partial charge in [-0.15, -0.1) is 0 Å². The van der Waals surface area contributed by atoms with E-state index in [9.17, 15) is 39.0 Å². The number of amides is 6. The van der Waals surface area contributed by atoms with E-state index < -0.39 is 0 Å². The van der Waals surface area contributed by atoms with Gasteiger partial charge in [-0.1, -0.05) is 49.6 Å². The van der Waals surface area contributed by atoms with Gasteiger partial charge in [0.15, 0.2) is 0 Å². The maximum atomic E-state index is 12.1. The summed E-state index contributed by atoms with van der Waals surface area (Å²) in [7, 11) is 23.2. The van der Waals surface area contributed by atoms with Crippen LogP contribution in [0.3, 0.4) is 0 Å². The predicted octanol–water partition coefficient (Wildman–Crippen LogP) is 1.41. The topological polar surface area (TPSA) is 401 Å². The molecule has 2 aromatic carbocycles. The van der Waals surface area contributed by atoms with Crippen LogP contribution in [0.25, 0.3) is 0 Å². The monoisotopic (exact) mass is 1420 g/mol. The van der Waals surface area contributed by atoms with Gasteiger partial charge >= 0.3 is 55.1 Å². The van der Waals surface area contributed by atoms with Crippen LogP contribution in [0.4, 0.5) is 0 Å². The molecule has 2 rings (SSSR count). The Balaban J connectivity index is -0.0000000436. The van der Waals surface area contributed by atoms with Crippen molar-refractivity contribution in [1.29, 1.82) is 42.1 Å². The van der Waals surface area contributed by atoms with Crippen molar-refractivity contribution in [2.45, 2.75) is 13.8 Å². The first-order valence-corrected chi connectivity index (χ1v) is 18.7. The molecule has 0 aromatic heterocycles. The quantitative estimate of drug-likeness (QED) is 0.112. The Morgan fingerprint density at radius 3 is 0.737 bits per heavy atom. The van der Waals surface area contributed by atoms with E-state index in [1.165, 1.54) is 43.6 Å². The number of hydrogen-bond donors (Lipinski definition) is 0. The Bertz CT molecular complexity index is 1590. The molecule has 0 aliphatic carbocycles. The average molecular weight is 1420 g/mol. The van der Waals surface area contributed by atoms with E-state index in [1.54, 1.807) is 133 Å². The third-order valence-electron chi connectivity index (χ3n) is 5.22. The number of aliphatic imine (C=N–C) groups is 2. The van der Waals surface area contributed by atoms with Gasteiger partial charge in [-0.3, -0.25) is 38.8 Å². The van der Waals surface area contributed by atoms with Crippen LogP contribution in [0.5, 0.6) is 23.0 Å². The van der Waals surface area contributed by atoms with Crippen LogP contribution in [0.15, 0.2) is 46.4 Å². The predicted molar refractivity (Wildman–Crippen MR) is 262 cm³/mol. The van der Waals surface area contributed by atoms with Crippen LogP contribution in [0.2, 0.25) is 0 Å². The molecule has 0 aliphatic heterocycles. The zero-order valence-corrected chi connectivity index (χ0v) is 51.4. The summed E-state index contributed by atoms with van der Waals surface area (Å²) in [4.78, 5) is 74.0. The molecule has 0 bridgehead atoms. The zero-order valence-electron chi connectivity index (χ0n) is 45.3. The van der Waals surface area contributed by atoms with Gasteiger partial charge in [-0.25, -0.2) is 0 Å². The SMILES string of the molecule is CN(C)C=O.CN(C)C=O.CN(C)C=O.CN(C)C=O.CN(C)C=O.CN(C)C=O.COc1cccc(C=NCC(C)(C)CN=Cc2cccc(OC)c2[O-])c1[O-].[C-]#N.[C-]#N.[C-]#N.[C-]#N.[C-]#N.[C-]#N.[C-]#N.[C-]#N.[Ni+3].[Tb+3].[W]. The van der Waals surface area contributed by atoms with E-state index in [-0.39, 0.29) is 93.1 Å². The van der Waals surface area contributed by atoms with E-state index in [2.05, 4.69) is 9.98 Å². The van der Waals surface area contributed by atoms with Gasteiger partial charge in [0, 0.05) is 137 Å². The van der Waals surface area contributed by atoms with Gasteiger partial charge in [0.25, 0.3) is 0 Å². The largest absolute Gasteiger partial charge is 3.00 e. The molecule has 2 aromatic rings. The molecule has 29 heteroatoms. The summed E-state index contributed by atoms with van der Waals surface area (Å²) in [5.74, 6) is 0.241. The second-order valence-corrected chi connectivity index (χ2v) is 13.3. The number of hydrogen-bond acceptors (Lipinski definition) is 20. The van der Waals surface area contributed by atoms with E-state index >= 15 is 0 Å². The Kier molecular flexibility index (Phi) is 149. The van der Waals surface area contributed by atoms with Crippen LogP contribution in [-0.4, -0.2) is 192 Å². The molecule has 0 atom stereocenters. The van der Waals surface area contributed by atoms with Crippen LogP contribution >= 0.6 is 0 Å². The molecule has 0 unspecified atom stereocenters. The number of ether oxygens (including phenoxy) is 2. The summed E-state index contributed by atoms with van der Waals surface area (Å²) < 4.78 is 10.1. The Morgan fingerprint density at radius 2 is 0.605 bits per heavy atom. The van der Waals surface area contributed by atoms with Crippen molar-refractivity contribution in [3.8, 4) is 23.0 Å². The van der Waals surface area contributed by atoms with E-state index in [0.29, 0.717) is 35.7 Å². The van der Waals surface area contributed by atoms with E-state index in [4.69, 9.17) is 104 Å². The normalized spacial score (nSPS) is 7.16. The van der Waals surface area contributed by atoms with Crippen molar-refractivity contribution in [3.05, 3.63) is 100 Å². The van der Waals surface area contributed by atoms with Crippen molar-refractivity contribution >= 4 is 50.9 Å². The summed E-state index contributed by atoms with van der Waals surface area (Å²) in [6.45, 7) is 43.0. The van der Waals surface area contributed by atoms with Gasteiger partial charge in [-0.2, -0.15) is 0 Å².